The molecule has 0 aromatic heterocycles. The van der Waals surface area contributed by atoms with Gasteiger partial charge in [-0.3, -0.25) is 0 Å². The van der Waals surface area contributed by atoms with Crippen LogP contribution in [0.2, 0.25) is 0 Å². The molecule has 0 atom stereocenters. The summed E-state index contributed by atoms with van der Waals surface area (Å²) in [5.74, 6) is 0.525. The Hall–Kier alpha value is -2.47. The number of nitrogens with zero attached hydrogens (tertiary/aromatic N) is 1. The van der Waals surface area contributed by atoms with Gasteiger partial charge in [-0.2, -0.15) is 0 Å². The number of hydrogen-bond acceptors (Lipinski definition) is 2. The second-order valence-corrected chi connectivity index (χ2v) is 10.1. The maximum absolute atomic E-state index is 14.6. The minimum atomic E-state index is -0.552. The van der Waals surface area contributed by atoms with Gasteiger partial charge in [-0.25, -0.2) is 13.4 Å². The van der Waals surface area contributed by atoms with E-state index in [9.17, 15) is 8.78 Å². The van der Waals surface area contributed by atoms with Gasteiger partial charge in [-0.1, -0.05) is 36.6 Å². The van der Waals surface area contributed by atoms with E-state index in [1.54, 1.807) is 13.2 Å². The summed E-state index contributed by atoms with van der Waals surface area (Å²) in [7, 11) is 1.67. The summed E-state index contributed by atoms with van der Waals surface area (Å²) in [5, 5.41) is 0. The zero-order valence-electron chi connectivity index (χ0n) is 23.5. The molecule has 1 aliphatic heterocycles. The lowest BCUT2D eigenvalue weighted by molar-refractivity contribution is -0.546. The molecular formula is C32H42BrF2NO2. The minimum absolute atomic E-state index is 0. The molecular weight excluding hydrogens is 548 g/mol. The molecule has 0 bridgehead atoms. The van der Waals surface area contributed by atoms with Gasteiger partial charge in [0.2, 0.25) is 0 Å². The van der Waals surface area contributed by atoms with E-state index in [4.69, 9.17) is 9.47 Å². The maximum Gasteiger partial charge on any atom is 0.184 e. The first-order valence-electron chi connectivity index (χ1n) is 13.5. The topological polar surface area (TPSA) is 21.5 Å². The zero-order valence-corrected chi connectivity index (χ0v) is 25.1. The Labute approximate surface area is 238 Å². The number of methoxy groups -OCH3 is 1. The van der Waals surface area contributed by atoms with Crippen LogP contribution in [0.25, 0.3) is 0 Å². The van der Waals surface area contributed by atoms with Crippen molar-refractivity contribution < 1.29 is 39.8 Å². The number of allylic oxidation sites excluding steroid dienone is 4. The third-order valence-electron chi connectivity index (χ3n) is 6.85. The lowest BCUT2D eigenvalue weighted by Gasteiger charge is -2.23. The van der Waals surface area contributed by atoms with Crippen molar-refractivity contribution >= 4 is 5.71 Å². The van der Waals surface area contributed by atoms with Crippen molar-refractivity contribution in [3.05, 3.63) is 82.0 Å². The Morgan fingerprint density at radius 1 is 1.05 bits per heavy atom. The first-order chi connectivity index (χ1) is 17.8. The van der Waals surface area contributed by atoms with Gasteiger partial charge in [0.25, 0.3) is 0 Å². The van der Waals surface area contributed by atoms with Crippen LogP contribution in [0.5, 0.6) is 11.5 Å². The number of benzene rings is 2. The number of fused-ring (bicyclic) bond motifs is 1. The van der Waals surface area contributed by atoms with Crippen molar-refractivity contribution in [2.75, 3.05) is 20.3 Å². The maximum atomic E-state index is 14.6. The molecule has 2 aromatic rings. The summed E-state index contributed by atoms with van der Waals surface area (Å²) in [4.78, 5) is 0. The molecule has 3 rings (SSSR count). The number of halogens is 3. The molecule has 3 nitrogen and oxygen atoms in total. The summed E-state index contributed by atoms with van der Waals surface area (Å²) in [6.45, 7) is 10.4. The standard InChI is InChI=1S/C32H42F2NO2.BrH/c1-6-7-20-37-32-28-18-19-35(22-25-14-15-26(33)21-29(25)34)30(27(28)16-17-31(32)36-5)13-9-12-24(4)11-8-10-23(2)3;/h10,12,14-17,21H,6-9,11,13,18-20,22H2,1-5H3;1H/q+1;/p-1. The van der Waals surface area contributed by atoms with Crippen LogP contribution in [0.1, 0.15) is 82.9 Å². The molecule has 0 N–H and O–H groups in total. The van der Waals surface area contributed by atoms with Crippen LogP contribution >= 0.6 is 0 Å². The molecule has 1 aliphatic rings. The molecule has 0 saturated heterocycles. The van der Waals surface area contributed by atoms with E-state index < -0.39 is 11.6 Å². The predicted molar refractivity (Wildman–Crippen MR) is 148 cm³/mol. The van der Waals surface area contributed by atoms with E-state index >= 15 is 0 Å². The van der Waals surface area contributed by atoms with Crippen LogP contribution in [-0.4, -0.2) is 30.5 Å². The largest absolute Gasteiger partial charge is 1.00 e. The summed E-state index contributed by atoms with van der Waals surface area (Å²) < 4.78 is 42.2. The Morgan fingerprint density at radius 3 is 2.53 bits per heavy atom. The molecule has 0 fully saturated rings. The first kappa shape index (κ1) is 31.7. The van der Waals surface area contributed by atoms with Crippen LogP contribution in [0.4, 0.5) is 8.78 Å². The molecule has 1 heterocycles. The van der Waals surface area contributed by atoms with Gasteiger partial charge in [-0.15, -0.1) is 0 Å². The average Bonchev–Trinajstić information content (AvgIpc) is 2.86. The lowest BCUT2D eigenvalue weighted by Crippen LogP contribution is -3.00. The Kier molecular flexibility index (Phi) is 13.2. The number of rotatable bonds is 13. The fourth-order valence-electron chi connectivity index (χ4n) is 4.78. The predicted octanol–water partition coefficient (Wildman–Crippen LogP) is 5.19. The summed E-state index contributed by atoms with van der Waals surface area (Å²) in [5.41, 5.74) is 6.69. The quantitative estimate of drug-likeness (QED) is 0.182. The van der Waals surface area contributed by atoms with Gasteiger partial charge in [0.05, 0.1) is 19.3 Å². The lowest BCUT2D eigenvalue weighted by atomic mass is 9.92. The zero-order chi connectivity index (χ0) is 26.8. The van der Waals surface area contributed by atoms with Gasteiger partial charge >= 0.3 is 0 Å². The van der Waals surface area contributed by atoms with Crippen LogP contribution in [0.15, 0.2) is 53.6 Å². The van der Waals surface area contributed by atoms with Crippen molar-refractivity contribution in [3.63, 3.8) is 0 Å². The van der Waals surface area contributed by atoms with Crippen LogP contribution in [0.3, 0.4) is 0 Å². The van der Waals surface area contributed by atoms with Gasteiger partial charge in [0.15, 0.2) is 23.8 Å². The average molecular weight is 591 g/mol. The van der Waals surface area contributed by atoms with Crippen LogP contribution in [0, 0.1) is 11.6 Å². The van der Waals surface area contributed by atoms with E-state index in [1.165, 1.54) is 22.9 Å². The highest BCUT2D eigenvalue weighted by Gasteiger charge is 2.30. The highest BCUT2D eigenvalue weighted by Crippen LogP contribution is 2.37. The molecule has 208 valence electrons. The first-order valence-corrected chi connectivity index (χ1v) is 13.5. The molecule has 0 radical (unpaired) electrons. The van der Waals surface area contributed by atoms with E-state index in [1.807, 2.05) is 6.07 Å². The molecule has 0 unspecified atom stereocenters. The van der Waals surface area contributed by atoms with Gasteiger partial charge in [0, 0.05) is 30.0 Å². The Balaban J connectivity index is 0.00000507. The molecule has 0 spiro atoms. The fourth-order valence-corrected chi connectivity index (χ4v) is 4.78. The summed E-state index contributed by atoms with van der Waals surface area (Å²) in [6.07, 6.45) is 11.2. The number of hydrogen-bond donors (Lipinski definition) is 0. The SMILES string of the molecule is CCCCOc1c(OC)ccc2c1CC[N+](Cc1ccc(F)cc1F)=C2CCC=C(C)CCC=C(C)C.[Br-]. The molecule has 0 aliphatic carbocycles. The van der Waals surface area contributed by atoms with E-state index in [2.05, 4.69) is 50.5 Å². The summed E-state index contributed by atoms with van der Waals surface area (Å²) in [6, 6.07) is 7.94. The van der Waals surface area contributed by atoms with Crippen LogP contribution in [-0.2, 0) is 13.0 Å². The fraction of sp³-hybridized carbons (Fsp3) is 0.469. The van der Waals surface area contributed by atoms with Crippen molar-refractivity contribution in [3.8, 4) is 11.5 Å². The third kappa shape index (κ3) is 8.79. The van der Waals surface area contributed by atoms with Gasteiger partial charge in [-0.05, 0) is 70.7 Å². The number of unbranched alkanes of at least 4 members (excludes halogenated alkanes) is 1. The minimum Gasteiger partial charge on any atom is -1.00 e. The molecule has 0 amide bonds. The molecule has 38 heavy (non-hydrogen) atoms. The molecule has 2 aromatic carbocycles. The van der Waals surface area contributed by atoms with Crippen molar-refractivity contribution in [2.24, 2.45) is 0 Å². The Bertz CT molecular complexity index is 1170. The molecule has 0 saturated carbocycles. The smallest absolute Gasteiger partial charge is 0.184 e. The second kappa shape index (κ2) is 15.8. The van der Waals surface area contributed by atoms with Crippen molar-refractivity contribution in [2.45, 2.75) is 79.2 Å². The van der Waals surface area contributed by atoms with E-state index in [0.29, 0.717) is 18.7 Å². The summed E-state index contributed by atoms with van der Waals surface area (Å²) >= 11 is 0. The van der Waals surface area contributed by atoms with E-state index in [-0.39, 0.29) is 17.0 Å². The van der Waals surface area contributed by atoms with Crippen LogP contribution < -0.4 is 26.5 Å². The van der Waals surface area contributed by atoms with E-state index in [0.717, 1.165) is 80.2 Å². The van der Waals surface area contributed by atoms with Crippen molar-refractivity contribution in [1.82, 2.24) is 0 Å². The number of ether oxygens (including phenoxy) is 2. The second-order valence-electron chi connectivity index (χ2n) is 10.1. The highest BCUT2D eigenvalue weighted by atomic mass is 79.9. The monoisotopic (exact) mass is 589 g/mol. The normalized spacial score (nSPS) is 13.1. The third-order valence-corrected chi connectivity index (χ3v) is 6.85. The van der Waals surface area contributed by atoms with Crippen molar-refractivity contribution in [1.29, 1.82) is 0 Å². The van der Waals surface area contributed by atoms with Gasteiger partial charge < -0.3 is 26.5 Å². The highest BCUT2D eigenvalue weighted by molar-refractivity contribution is 5.99. The Morgan fingerprint density at radius 2 is 1.84 bits per heavy atom. The molecule has 6 heteroatoms. The van der Waals surface area contributed by atoms with Gasteiger partial charge in [0.1, 0.15) is 18.2 Å².